The second-order valence-electron chi connectivity index (χ2n) is 4.38. The molecule has 0 radical (unpaired) electrons. The molecule has 0 saturated carbocycles. The van der Waals surface area contributed by atoms with Gasteiger partial charge < -0.3 is 4.90 Å². The van der Waals surface area contributed by atoms with Crippen LogP contribution in [0.3, 0.4) is 0 Å². The fourth-order valence-electron chi connectivity index (χ4n) is 1.49. The summed E-state index contributed by atoms with van der Waals surface area (Å²) in [5, 5.41) is 3.63. The van der Waals surface area contributed by atoms with E-state index in [-0.39, 0.29) is 23.3 Å². The van der Waals surface area contributed by atoms with Gasteiger partial charge in [0, 0.05) is 12.6 Å². The van der Waals surface area contributed by atoms with Crippen molar-refractivity contribution in [2.75, 3.05) is 14.1 Å². The summed E-state index contributed by atoms with van der Waals surface area (Å²) in [6, 6.07) is -0.389. The zero-order chi connectivity index (χ0) is 13.4. The highest BCUT2D eigenvalue weighted by Crippen LogP contribution is 2.38. The summed E-state index contributed by atoms with van der Waals surface area (Å²) in [4.78, 5) is 1.72. The van der Waals surface area contributed by atoms with Gasteiger partial charge in [0.25, 0.3) is 0 Å². The van der Waals surface area contributed by atoms with Crippen LogP contribution in [0.4, 0.5) is 13.2 Å². The molecule has 1 rings (SSSR count). The summed E-state index contributed by atoms with van der Waals surface area (Å²) in [5.74, 6) is 0. The van der Waals surface area contributed by atoms with Gasteiger partial charge in [-0.2, -0.15) is 18.3 Å². The molecular formula is C10H15ClF3N3. The molecule has 1 aromatic rings. The van der Waals surface area contributed by atoms with Gasteiger partial charge >= 0.3 is 6.18 Å². The molecule has 0 aliphatic rings. The van der Waals surface area contributed by atoms with Crippen molar-refractivity contribution in [2.24, 2.45) is 0 Å². The highest BCUT2D eigenvalue weighted by atomic mass is 35.5. The molecule has 1 aromatic heterocycles. The van der Waals surface area contributed by atoms with E-state index in [1.165, 1.54) is 0 Å². The van der Waals surface area contributed by atoms with E-state index in [4.69, 9.17) is 11.6 Å². The van der Waals surface area contributed by atoms with E-state index in [2.05, 4.69) is 5.10 Å². The second-order valence-corrected chi connectivity index (χ2v) is 4.76. The van der Waals surface area contributed by atoms with E-state index < -0.39 is 11.9 Å². The van der Waals surface area contributed by atoms with Gasteiger partial charge in [0.15, 0.2) is 5.69 Å². The third-order valence-corrected chi connectivity index (χ3v) is 2.54. The third kappa shape index (κ3) is 3.13. The molecule has 0 amide bonds. The molecule has 0 aliphatic carbocycles. The maximum atomic E-state index is 12.9. The van der Waals surface area contributed by atoms with E-state index >= 15 is 0 Å². The van der Waals surface area contributed by atoms with Gasteiger partial charge in [0.2, 0.25) is 0 Å². The molecule has 1 heterocycles. The predicted octanol–water partition coefficient (Wildman–Crippen LogP) is 3.20. The summed E-state index contributed by atoms with van der Waals surface area (Å²) in [5.41, 5.74) is -0.622. The Balaban J connectivity index is 3.31. The first kappa shape index (κ1) is 14.3. The molecule has 3 nitrogen and oxygen atoms in total. The van der Waals surface area contributed by atoms with Crippen LogP contribution in [0, 0.1) is 0 Å². The molecule has 0 bridgehead atoms. The first-order valence-corrected chi connectivity index (χ1v) is 5.51. The van der Waals surface area contributed by atoms with Crippen LogP contribution in [-0.2, 0) is 12.7 Å². The monoisotopic (exact) mass is 269 g/mol. The Morgan fingerprint density at radius 3 is 2.18 bits per heavy atom. The Hall–Kier alpha value is -0.750. The second kappa shape index (κ2) is 4.86. The largest absolute Gasteiger partial charge is 0.434 e. The van der Waals surface area contributed by atoms with Crippen molar-refractivity contribution in [1.82, 2.24) is 14.7 Å². The first-order valence-electron chi connectivity index (χ1n) is 5.13. The van der Waals surface area contributed by atoms with Crippen molar-refractivity contribution in [1.29, 1.82) is 0 Å². The Labute approximate surface area is 103 Å². The quantitative estimate of drug-likeness (QED) is 0.840. The van der Waals surface area contributed by atoms with Gasteiger partial charge in [-0.05, 0) is 27.9 Å². The average molecular weight is 270 g/mol. The van der Waals surface area contributed by atoms with Crippen molar-refractivity contribution < 1.29 is 13.2 Å². The van der Waals surface area contributed by atoms with Crippen molar-refractivity contribution in [2.45, 2.75) is 32.6 Å². The number of rotatable bonds is 3. The number of nitrogens with zero attached hydrogens (tertiary/aromatic N) is 3. The summed E-state index contributed by atoms with van der Waals surface area (Å²) in [7, 11) is 3.50. The molecule has 0 aliphatic heterocycles. The van der Waals surface area contributed by atoms with Gasteiger partial charge in [0.1, 0.15) is 0 Å². The standard InChI is InChI=1S/C10H15ClF3N3/c1-6(2)17-9(10(12,13)14)8(11)7(15-17)5-16(3)4/h6H,5H2,1-4H3. The number of hydrogen-bond donors (Lipinski definition) is 0. The maximum absolute atomic E-state index is 12.9. The number of aromatic nitrogens is 2. The summed E-state index contributed by atoms with van der Waals surface area (Å²) >= 11 is 5.77. The van der Waals surface area contributed by atoms with E-state index in [0.29, 0.717) is 0 Å². The molecule has 0 spiro atoms. The molecule has 0 unspecified atom stereocenters. The SMILES string of the molecule is CC(C)n1nc(CN(C)C)c(Cl)c1C(F)(F)F. The fraction of sp³-hybridized carbons (Fsp3) is 0.700. The molecule has 0 fully saturated rings. The fourth-order valence-corrected chi connectivity index (χ4v) is 1.78. The molecule has 98 valence electrons. The van der Waals surface area contributed by atoms with Gasteiger partial charge in [-0.25, -0.2) is 0 Å². The molecule has 0 N–H and O–H groups in total. The first-order chi connectivity index (χ1) is 7.64. The minimum atomic E-state index is -4.49. The Bertz CT molecular complexity index is 396. The number of halogens is 4. The Morgan fingerprint density at radius 2 is 1.88 bits per heavy atom. The lowest BCUT2D eigenvalue weighted by molar-refractivity contribution is -0.144. The van der Waals surface area contributed by atoms with E-state index in [0.717, 1.165) is 4.68 Å². The lowest BCUT2D eigenvalue weighted by Gasteiger charge is -2.13. The molecular weight excluding hydrogens is 255 g/mol. The number of hydrogen-bond acceptors (Lipinski definition) is 2. The van der Waals surface area contributed by atoms with E-state index in [1.54, 1.807) is 32.8 Å². The van der Waals surface area contributed by atoms with Crippen LogP contribution >= 0.6 is 11.6 Å². The van der Waals surface area contributed by atoms with E-state index in [1.807, 2.05) is 0 Å². The number of alkyl halides is 3. The van der Waals surface area contributed by atoms with Crippen molar-refractivity contribution in [3.05, 3.63) is 16.4 Å². The Morgan fingerprint density at radius 1 is 1.35 bits per heavy atom. The molecule has 17 heavy (non-hydrogen) atoms. The van der Waals surface area contributed by atoms with Crippen LogP contribution < -0.4 is 0 Å². The normalized spacial score (nSPS) is 12.8. The van der Waals surface area contributed by atoms with Crippen LogP contribution in [0.15, 0.2) is 0 Å². The van der Waals surface area contributed by atoms with Crippen molar-refractivity contribution in [3.8, 4) is 0 Å². The van der Waals surface area contributed by atoms with Crippen LogP contribution in [0.25, 0.3) is 0 Å². The molecule has 7 heteroatoms. The van der Waals surface area contributed by atoms with Crippen LogP contribution in [-0.4, -0.2) is 28.8 Å². The zero-order valence-electron chi connectivity index (χ0n) is 10.1. The zero-order valence-corrected chi connectivity index (χ0v) is 10.9. The lowest BCUT2D eigenvalue weighted by Crippen LogP contribution is -2.16. The van der Waals surface area contributed by atoms with Gasteiger partial charge in [-0.3, -0.25) is 4.68 Å². The lowest BCUT2D eigenvalue weighted by atomic mass is 10.3. The van der Waals surface area contributed by atoms with Crippen LogP contribution in [0.5, 0.6) is 0 Å². The maximum Gasteiger partial charge on any atom is 0.434 e. The molecule has 0 aromatic carbocycles. The topological polar surface area (TPSA) is 21.1 Å². The third-order valence-electron chi connectivity index (χ3n) is 2.14. The minimum Gasteiger partial charge on any atom is -0.303 e. The van der Waals surface area contributed by atoms with Gasteiger partial charge in [-0.1, -0.05) is 11.6 Å². The van der Waals surface area contributed by atoms with Crippen LogP contribution in [0.1, 0.15) is 31.3 Å². The van der Waals surface area contributed by atoms with Gasteiger partial charge in [-0.15, -0.1) is 0 Å². The van der Waals surface area contributed by atoms with E-state index in [9.17, 15) is 13.2 Å². The average Bonchev–Trinajstić information content (AvgIpc) is 2.42. The van der Waals surface area contributed by atoms with Crippen molar-refractivity contribution >= 4 is 11.6 Å². The molecule has 0 atom stereocenters. The predicted molar refractivity (Wildman–Crippen MR) is 60.0 cm³/mol. The molecule has 0 saturated heterocycles. The van der Waals surface area contributed by atoms with Crippen molar-refractivity contribution in [3.63, 3.8) is 0 Å². The smallest absolute Gasteiger partial charge is 0.303 e. The van der Waals surface area contributed by atoms with Gasteiger partial charge in [0.05, 0.1) is 10.7 Å². The minimum absolute atomic E-state index is 0.248. The van der Waals surface area contributed by atoms with Crippen LogP contribution in [0.2, 0.25) is 5.02 Å². The summed E-state index contributed by atoms with van der Waals surface area (Å²) in [6.07, 6.45) is -4.49. The Kier molecular flexibility index (Phi) is 4.09. The highest BCUT2D eigenvalue weighted by Gasteiger charge is 2.40. The highest BCUT2D eigenvalue weighted by molar-refractivity contribution is 6.32. The summed E-state index contributed by atoms with van der Waals surface area (Å²) < 4.78 is 39.5. The summed E-state index contributed by atoms with van der Waals surface area (Å²) in [6.45, 7) is 3.55.